The zero-order chi connectivity index (χ0) is 13.9. The number of nitrogens with one attached hydrogen (secondary N) is 1. The van der Waals surface area contributed by atoms with Crippen LogP contribution < -0.4 is 10.2 Å². The van der Waals surface area contributed by atoms with E-state index in [2.05, 4.69) is 10.5 Å². The highest BCUT2D eigenvalue weighted by molar-refractivity contribution is 6.05. The van der Waals surface area contributed by atoms with Crippen LogP contribution in [0.5, 0.6) is 5.75 Å². The summed E-state index contributed by atoms with van der Waals surface area (Å²) in [5.41, 5.74) is 4.81. The molecule has 2 aromatic rings. The van der Waals surface area contributed by atoms with Crippen LogP contribution >= 0.6 is 0 Å². The summed E-state index contributed by atoms with van der Waals surface area (Å²) in [7, 11) is 0. The lowest BCUT2D eigenvalue weighted by Crippen LogP contribution is -2.23. The van der Waals surface area contributed by atoms with Gasteiger partial charge in [-0.1, -0.05) is 12.1 Å². The summed E-state index contributed by atoms with van der Waals surface area (Å²) in [6.07, 6.45) is 2.16. The molecule has 20 heavy (non-hydrogen) atoms. The highest BCUT2D eigenvalue weighted by atomic mass is 16.5. The highest BCUT2D eigenvalue weighted by Crippen LogP contribution is 2.24. The molecule has 0 atom stereocenters. The monoisotopic (exact) mass is 270 g/mol. The minimum atomic E-state index is -0.271. The van der Waals surface area contributed by atoms with E-state index in [1.807, 2.05) is 24.3 Å². The number of hydrogen-bond donors (Lipinski definition) is 1. The molecule has 0 saturated carbocycles. The molecule has 1 aliphatic heterocycles. The molecule has 0 bridgehead atoms. The Balaban J connectivity index is 1.81. The van der Waals surface area contributed by atoms with E-state index in [0.29, 0.717) is 24.4 Å². The van der Waals surface area contributed by atoms with E-state index in [1.54, 1.807) is 13.0 Å². The van der Waals surface area contributed by atoms with Crippen LogP contribution in [0.1, 0.15) is 28.1 Å². The van der Waals surface area contributed by atoms with Gasteiger partial charge in [-0.2, -0.15) is 5.10 Å². The minimum Gasteiger partial charge on any atom is -0.492 e. The van der Waals surface area contributed by atoms with E-state index in [1.165, 1.54) is 6.26 Å². The van der Waals surface area contributed by atoms with Crippen LogP contribution in [-0.4, -0.2) is 18.2 Å². The van der Waals surface area contributed by atoms with E-state index in [-0.39, 0.29) is 5.91 Å². The van der Waals surface area contributed by atoms with Crippen LogP contribution in [0, 0.1) is 6.92 Å². The molecule has 0 saturated heterocycles. The number of para-hydroxylation sites is 1. The Morgan fingerprint density at radius 1 is 1.30 bits per heavy atom. The Labute approximate surface area is 116 Å². The molecule has 0 fully saturated rings. The van der Waals surface area contributed by atoms with Crippen molar-refractivity contribution in [3.8, 4) is 5.75 Å². The number of rotatable bonds is 2. The van der Waals surface area contributed by atoms with Crippen molar-refractivity contribution < 1.29 is 13.9 Å². The van der Waals surface area contributed by atoms with Crippen LogP contribution in [-0.2, 0) is 0 Å². The topological polar surface area (TPSA) is 63.8 Å². The maximum absolute atomic E-state index is 12.0. The van der Waals surface area contributed by atoms with Crippen LogP contribution in [0.25, 0.3) is 0 Å². The maximum atomic E-state index is 12.0. The molecule has 0 radical (unpaired) electrons. The largest absolute Gasteiger partial charge is 0.492 e. The number of aryl methyl sites for hydroxylation is 1. The smallest absolute Gasteiger partial charge is 0.274 e. The number of hydrazone groups is 1. The van der Waals surface area contributed by atoms with Crippen molar-refractivity contribution >= 4 is 11.6 Å². The SMILES string of the molecule is Cc1occc1C(=O)N/N=C1/CCOc2ccccc21. The van der Waals surface area contributed by atoms with Gasteiger partial charge in [0, 0.05) is 12.0 Å². The summed E-state index contributed by atoms with van der Waals surface area (Å²) in [6, 6.07) is 9.29. The third-order valence-corrected chi connectivity index (χ3v) is 3.19. The van der Waals surface area contributed by atoms with Crippen molar-refractivity contribution in [2.75, 3.05) is 6.61 Å². The molecule has 5 nitrogen and oxygen atoms in total. The Hall–Kier alpha value is -2.56. The summed E-state index contributed by atoms with van der Waals surface area (Å²) in [4.78, 5) is 12.0. The lowest BCUT2D eigenvalue weighted by atomic mass is 10.0. The van der Waals surface area contributed by atoms with E-state index >= 15 is 0 Å². The van der Waals surface area contributed by atoms with Gasteiger partial charge in [0.1, 0.15) is 11.5 Å². The average molecular weight is 270 g/mol. The first-order chi connectivity index (χ1) is 9.75. The van der Waals surface area contributed by atoms with Crippen molar-refractivity contribution in [2.45, 2.75) is 13.3 Å². The first-order valence-corrected chi connectivity index (χ1v) is 6.39. The zero-order valence-corrected chi connectivity index (χ0v) is 11.1. The van der Waals surface area contributed by atoms with E-state index in [0.717, 1.165) is 17.0 Å². The molecular weight excluding hydrogens is 256 g/mol. The van der Waals surface area contributed by atoms with Gasteiger partial charge in [0.25, 0.3) is 5.91 Å². The molecule has 3 rings (SSSR count). The second-order valence-corrected chi connectivity index (χ2v) is 4.48. The van der Waals surface area contributed by atoms with Crippen LogP contribution in [0.2, 0.25) is 0 Å². The number of ether oxygens (including phenoxy) is 1. The number of carbonyl (C=O) groups excluding carboxylic acids is 1. The van der Waals surface area contributed by atoms with Crippen LogP contribution in [0.3, 0.4) is 0 Å². The Bertz CT molecular complexity index is 673. The first kappa shape index (κ1) is 12.5. The van der Waals surface area contributed by atoms with Gasteiger partial charge in [-0.25, -0.2) is 5.43 Å². The number of fused-ring (bicyclic) bond motifs is 1. The quantitative estimate of drug-likeness (QED) is 0.853. The third-order valence-electron chi connectivity index (χ3n) is 3.19. The van der Waals surface area contributed by atoms with Crippen molar-refractivity contribution in [1.82, 2.24) is 5.43 Å². The third kappa shape index (κ3) is 2.30. The zero-order valence-electron chi connectivity index (χ0n) is 11.1. The predicted octanol–water partition coefficient (Wildman–Crippen LogP) is 2.50. The van der Waals surface area contributed by atoms with Gasteiger partial charge >= 0.3 is 0 Å². The minimum absolute atomic E-state index is 0.271. The van der Waals surface area contributed by atoms with Crippen LogP contribution in [0.4, 0.5) is 0 Å². The summed E-state index contributed by atoms with van der Waals surface area (Å²) in [6.45, 7) is 2.31. The average Bonchev–Trinajstić information content (AvgIpc) is 2.91. The fourth-order valence-electron chi connectivity index (χ4n) is 2.14. The number of carbonyl (C=O) groups is 1. The molecule has 0 aliphatic carbocycles. The molecule has 1 aromatic heterocycles. The Kier molecular flexibility index (Phi) is 3.25. The molecule has 2 heterocycles. The normalized spacial score (nSPS) is 15.6. The highest BCUT2D eigenvalue weighted by Gasteiger charge is 2.17. The number of furan rings is 1. The van der Waals surface area contributed by atoms with Gasteiger partial charge in [-0.3, -0.25) is 4.79 Å². The molecule has 0 spiro atoms. The van der Waals surface area contributed by atoms with Gasteiger partial charge in [0.05, 0.1) is 24.1 Å². The van der Waals surface area contributed by atoms with Gasteiger partial charge in [0.15, 0.2) is 0 Å². The lowest BCUT2D eigenvalue weighted by Gasteiger charge is -2.18. The molecule has 102 valence electrons. The molecular formula is C15H14N2O3. The van der Waals surface area contributed by atoms with E-state index < -0.39 is 0 Å². The molecule has 1 amide bonds. The summed E-state index contributed by atoms with van der Waals surface area (Å²) < 4.78 is 10.6. The molecule has 1 N–H and O–H groups in total. The van der Waals surface area contributed by atoms with Gasteiger partial charge in [-0.05, 0) is 25.1 Å². The molecule has 0 unspecified atom stereocenters. The van der Waals surface area contributed by atoms with Crippen LogP contribution in [0.15, 0.2) is 46.1 Å². The molecule has 1 aromatic carbocycles. The maximum Gasteiger partial charge on any atom is 0.274 e. The van der Waals surface area contributed by atoms with Gasteiger partial charge in [0.2, 0.25) is 0 Å². The van der Waals surface area contributed by atoms with Gasteiger partial charge < -0.3 is 9.15 Å². The summed E-state index contributed by atoms with van der Waals surface area (Å²) in [5.74, 6) is 1.11. The van der Waals surface area contributed by atoms with E-state index in [9.17, 15) is 4.79 Å². The second-order valence-electron chi connectivity index (χ2n) is 4.48. The molecule has 5 heteroatoms. The number of amides is 1. The van der Waals surface area contributed by atoms with E-state index in [4.69, 9.17) is 9.15 Å². The summed E-state index contributed by atoms with van der Waals surface area (Å²) >= 11 is 0. The number of benzene rings is 1. The second kappa shape index (κ2) is 5.21. The lowest BCUT2D eigenvalue weighted by molar-refractivity contribution is 0.0953. The molecule has 1 aliphatic rings. The van der Waals surface area contributed by atoms with Crippen molar-refractivity contribution in [3.05, 3.63) is 53.5 Å². The van der Waals surface area contributed by atoms with Gasteiger partial charge in [-0.15, -0.1) is 0 Å². The van der Waals surface area contributed by atoms with Crippen molar-refractivity contribution in [2.24, 2.45) is 5.10 Å². The predicted molar refractivity (Wildman–Crippen MR) is 74.0 cm³/mol. The Morgan fingerprint density at radius 3 is 2.95 bits per heavy atom. The fraction of sp³-hybridized carbons (Fsp3) is 0.200. The Morgan fingerprint density at radius 2 is 2.15 bits per heavy atom. The fourth-order valence-corrected chi connectivity index (χ4v) is 2.14. The number of hydrogen-bond acceptors (Lipinski definition) is 4. The summed E-state index contributed by atoms with van der Waals surface area (Å²) in [5, 5.41) is 4.22. The number of nitrogens with zero attached hydrogens (tertiary/aromatic N) is 1. The van der Waals surface area contributed by atoms with Crippen molar-refractivity contribution in [1.29, 1.82) is 0 Å². The standard InChI is InChI=1S/C15H14N2O3/c1-10-11(6-8-19-10)15(18)17-16-13-7-9-20-14-5-3-2-4-12(13)14/h2-6,8H,7,9H2,1H3,(H,17,18)/b16-13-. The van der Waals surface area contributed by atoms with Crippen molar-refractivity contribution in [3.63, 3.8) is 0 Å². The first-order valence-electron chi connectivity index (χ1n) is 6.39.